The molecule has 0 atom stereocenters. The number of aliphatic hydroxyl groups is 4. The van der Waals surface area contributed by atoms with Crippen LogP contribution >= 0.6 is 0 Å². The van der Waals surface area contributed by atoms with Crippen molar-refractivity contribution < 1.29 is 42.3 Å². The Morgan fingerprint density at radius 1 is 0.308 bits per heavy atom. The summed E-state index contributed by atoms with van der Waals surface area (Å²) in [6.45, 7) is 13.8. The molecule has 24 radical (unpaired) electrons. The quantitative estimate of drug-likeness (QED) is 0.179. The molecule has 160 valence electrons. The van der Waals surface area contributed by atoms with Crippen LogP contribution in [0.1, 0.15) is 55.4 Å². The topological polar surface area (TPSA) is 207 Å². The molecule has 0 aromatic carbocycles. The van der Waals surface area contributed by atoms with Crippen molar-refractivity contribution in [2.24, 2.45) is 0 Å². The minimum absolute atomic E-state index is 0. The standard InChI is InChI=1S/4C3H8O.4H2O.6Pb/c4*1-3(2)4;;;;;;;;;;/h4*3-4H,1-2H3;4*1H2;;;;;;. The van der Waals surface area contributed by atoms with Crippen molar-refractivity contribution in [3.8, 4) is 0 Å². The first kappa shape index (κ1) is 96.2. The van der Waals surface area contributed by atoms with Crippen molar-refractivity contribution in [1.82, 2.24) is 0 Å². The summed E-state index contributed by atoms with van der Waals surface area (Å²) < 4.78 is 0. The van der Waals surface area contributed by atoms with Gasteiger partial charge in [-0.05, 0) is 55.4 Å². The molecule has 0 saturated carbocycles. The summed E-state index contributed by atoms with van der Waals surface area (Å²) in [6.07, 6.45) is -0.667. The molecule has 8 nitrogen and oxygen atoms in total. The Balaban J connectivity index is -0.00000000545. The Bertz CT molecular complexity index is 82.7. The first-order valence-electron chi connectivity index (χ1n) is 5.65. The molecule has 0 unspecified atom stereocenters. The first-order valence-corrected chi connectivity index (χ1v) is 5.65. The summed E-state index contributed by atoms with van der Waals surface area (Å²) in [5.41, 5.74) is 0. The molecule has 0 amide bonds. The van der Waals surface area contributed by atoms with Gasteiger partial charge < -0.3 is 42.3 Å². The smallest absolute Gasteiger partial charge is 0.0483 e. The van der Waals surface area contributed by atoms with Crippen molar-refractivity contribution in [3.63, 3.8) is 0 Å². The van der Waals surface area contributed by atoms with Crippen molar-refractivity contribution in [2.75, 3.05) is 0 Å². The molecule has 0 heterocycles. The van der Waals surface area contributed by atoms with E-state index in [9.17, 15) is 0 Å². The van der Waals surface area contributed by atoms with Gasteiger partial charge in [-0.15, -0.1) is 0 Å². The van der Waals surface area contributed by atoms with Gasteiger partial charge in [-0.2, -0.15) is 0 Å². The van der Waals surface area contributed by atoms with Gasteiger partial charge in [0, 0.05) is 188 Å². The summed E-state index contributed by atoms with van der Waals surface area (Å²) in [5, 5.41) is 32.2. The summed E-state index contributed by atoms with van der Waals surface area (Å²) in [6, 6.07) is 0. The molecular formula is C12H40O8Pb6. The fourth-order valence-electron chi connectivity index (χ4n) is 0. The Morgan fingerprint density at radius 3 is 0.308 bits per heavy atom. The van der Waals surface area contributed by atoms with E-state index < -0.39 is 0 Å². The van der Waals surface area contributed by atoms with Crippen LogP contribution in [0, 0.1) is 0 Å². The normalized spacial score (nSPS) is 5.54. The summed E-state index contributed by atoms with van der Waals surface area (Å²) in [4.78, 5) is 0. The van der Waals surface area contributed by atoms with Gasteiger partial charge in [0.15, 0.2) is 0 Å². The van der Waals surface area contributed by atoms with E-state index in [1.54, 1.807) is 55.4 Å². The molecule has 0 aromatic heterocycles. The van der Waals surface area contributed by atoms with Crippen LogP contribution in [0.25, 0.3) is 0 Å². The maximum atomic E-state index is 8.06. The molecule has 0 aliphatic carbocycles. The Morgan fingerprint density at radius 2 is 0.308 bits per heavy atom. The van der Waals surface area contributed by atoms with E-state index in [0.29, 0.717) is 0 Å². The van der Waals surface area contributed by atoms with Gasteiger partial charge in [0.1, 0.15) is 0 Å². The fourth-order valence-corrected chi connectivity index (χ4v) is 0. The number of aliphatic hydroxyl groups excluding tert-OH is 4. The van der Waals surface area contributed by atoms with Crippen molar-refractivity contribution >= 4 is 164 Å². The summed E-state index contributed by atoms with van der Waals surface area (Å²) in [7, 11) is 0. The SMILES string of the molecule is CC(C)O.CC(C)O.CC(C)O.CC(C)O.O.O.O.O.[Pb].[Pb].[Pb].[Pb].[Pb].[Pb]. The average molecular weight is 1560 g/mol. The minimum Gasteiger partial charge on any atom is -0.412 e. The van der Waals surface area contributed by atoms with Crippen LogP contribution in [0.5, 0.6) is 0 Å². The zero-order valence-corrected chi connectivity index (χ0v) is 40.4. The maximum absolute atomic E-state index is 8.06. The molecular weight excluding hydrogens is 1520 g/mol. The van der Waals surface area contributed by atoms with Gasteiger partial charge in [0.2, 0.25) is 0 Å². The van der Waals surface area contributed by atoms with Gasteiger partial charge in [-0.1, -0.05) is 0 Å². The van der Waals surface area contributed by atoms with E-state index in [4.69, 9.17) is 20.4 Å². The van der Waals surface area contributed by atoms with Gasteiger partial charge >= 0.3 is 0 Å². The fraction of sp³-hybridized carbons (Fsp3) is 1.00. The summed E-state index contributed by atoms with van der Waals surface area (Å²) >= 11 is 0. The van der Waals surface area contributed by atoms with Crippen molar-refractivity contribution in [3.05, 3.63) is 0 Å². The zero-order chi connectivity index (χ0) is 14.3. The second-order valence-corrected chi connectivity index (χ2v) is 4.37. The van der Waals surface area contributed by atoms with E-state index in [1.165, 1.54) is 0 Å². The number of hydrogen-bond acceptors (Lipinski definition) is 4. The molecule has 26 heavy (non-hydrogen) atoms. The second kappa shape index (κ2) is 87.0. The molecule has 0 aliphatic heterocycles. The van der Waals surface area contributed by atoms with Crippen LogP contribution in [0.2, 0.25) is 0 Å². The molecule has 0 fully saturated rings. The van der Waals surface area contributed by atoms with E-state index >= 15 is 0 Å². The number of rotatable bonds is 0. The van der Waals surface area contributed by atoms with E-state index in [2.05, 4.69) is 0 Å². The maximum Gasteiger partial charge on any atom is 0.0483 e. The van der Waals surface area contributed by atoms with E-state index in [1.807, 2.05) is 0 Å². The van der Waals surface area contributed by atoms with Crippen LogP contribution in [-0.2, 0) is 0 Å². The van der Waals surface area contributed by atoms with Crippen molar-refractivity contribution in [1.29, 1.82) is 0 Å². The monoisotopic (exact) mass is 1560 g/mol. The van der Waals surface area contributed by atoms with Gasteiger partial charge in [0.25, 0.3) is 0 Å². The van der Waals surface area contributed by atoms with Crippen LogP contribution < -0.4 is 0 Å². The molecule has 0 spiro atoms. The third-order valence-corrected chi connectivity index (χ3v) is 0. The number of hydrogen-bond donors (Lipinski definition) is 4. The molecule has 0 bridgehead atoms. The van der Waals surface area contributed by atoms with Gasteiger partial charge in [-0.25, -0.2) is 0 Å². The molecule has 0 saturated heterocycles. The molecule has 12 N–H and O–H groups in total. The average Bonchev–Trinajstić information content (AvgIpc) is 1.76. The van der Waals surface area contributed by atoms with Crippen LogP contribution in [-0.4, -0.2) is 231 Å². The Labute approximate surface area is 281 Å². The molecule has 0 aromatic rings. The van der Waals surface area contributed by atoms with Crippen LogP contribution in [0.4, 0.5) is 0 Å². The molecule has 0 aliphatic rings. The minimum atomic E-state index is -0.167. The molecule has 14 heteroatoms. The second-order valence-electron chi connectivity index (χ2n) is 4.37. The summed E-state index contributed by atoms with van der Waals surface area (Å²) in [5.74, 6) is 0. The first-order chi connectivity index (χ1) is 6.93. The van der Waals surface area contributed by atoms with Crippen molar-refractivity contribution in [2.45, 2.75) is 79.8 Å². The van der Waals surface area contributed by atoms with Gasteiger partial charge in [-0.3, -0.25) is 0 Å². The van der Waals surface area contributed by atoms with Crippen LogP contribution in [0.15, 0.2) is 0 Å². The van der Waals surface area contributed by atoms with Crippen LogP contribution in [0.3, 0.4) is 0 Å². The Hall–Kier alpha value is 5.21. The molecule has 0 rings (SSSR count). The van der Waals surface area contributed by atoms with E-state index in [-0.39, 0.29) is 210 Å². The van der Waals surface area contributed by atoms with Gasteiger partial charge in [0.05, 0.1) is 0 Å². The predicted octanol–water partition coefficient (Wildman–Crippen LogP) is -4.04. The zero-order valence-electron chi connectivity index (χ0n) is 17.1. The third-order valence-electron chi connectivity index (χ3n) is 0. The largest absolute Gasteiger partial charge is 0.412 e. The Kier molecular flexibility index (Phi) is 322. The van der Waals surface area contributed by atoms with E-state index in [0.717, 1.165) is 0 Å². The predicted molar refractivity (Wildman–Crippen MR) is 118 cm³/mol. The third kappa shape index (κ3) is 856.